The van der Waals surface area contributed by atoms with Gasteiger partial charge in [-0.2, -0.15) is 0 Å². The van der Waals surface area contributed by atoms with Crippen LogP contribution in [-0.4, -0.2) is 39.9 Å². The molecule has 0 saturated heterocycles. The zero-order valence-electron chi connectivity index (χ0n) is 15.2. The van der Waals surface area contributed by atoms with Gasteiger partial charge >= 0.3 is 6.03 Å². The molecule has 2 rings (SSSR count). The third-order valence-electron chi connectivity index (χ3n) is 3.58. The normalized spacial score (nSPS) is 11.3. The molecule has 0 bridgehead atoms. The Morgan fingerprint density at radius 3 is 1.58 bits per heavy atom. The zero-order valence-corrected chi connectivity index (χ0v) is 16.9. The van der Waals surface area contributed by atoms with E-state index in [4.69, 9.17) is 0 Å². The van der Waals surface area contributed by atoms with Crippen LogP contribution in [0.1, 0.15) is 60.9 Å². The van der Waals surface area contributed by atoms with Crippen molar-refractivity contribution in [2.24, 2.45) is 0 Å². The molecule has 2 aromatic rings. The maximum Gasteiger partial charge on any atom is 0.320 e. The Labute approximate surface area is 152 Å². The van der Waals surface area contributed by atoms with E-state index in [1.807, 2.05) is 24.9 Å². The van der Waals surface area contributed by atoms with Gasteiger partial charge in [-0.05, 0) is 0 Å². The molecule has 0 unspecified atom stereocenters. The number of aromatic nitrogens is 2. The number of thiazole rings is 2. The Hall–Kier alpha value is -1.47. The molecule has 0 aliphatic heterocycles. The highest BCUT2D eigenvalue weighted by Crippen LogP contribution is 2.21. The van der Waals surface area contributed by atoms with Gasteiger partial charge < -0.3 is 9.80 Å². The molecule has 0 fully saturated rings. The maximum absolute atomic E-state index is 12.5. The highest BCUT2D eigenvalue weighted by Gasteiger charge is 2.18. The van der Waals surface area contributed by atoms with Crippen LogP contribution in [0.25, 0.3) is 0 Å². The Morgan fingerprint density at radius 2 is 1.29 bits per heavy atom. The van der Waals surface area contributed by atoms with Gasteiger partial charge in [0.2, 0.25) is 0 Å². The molecule has 0 spiro atoms. The molecule has 2 heterocycles. The van der Waals surface area contributed by atoms with Crippen molar-refractivity contribution in [1.82, 2.24) is 19.8 Å². The average molecular weight is 367 g/mol. The van der Waals surface area contributed by atoms with Crippen molar-refractivity contribution in [1.29, 1.82) is 0 Å². The van der Waals surface area contributed by atoms with Crippen molar-refractivity contribution in [2.75, 3.05) is 14.1 Å². The molecule has 132 valence electrons. The number of hydrogen-bond donors (Lipinski definition) is 0. The van der Waals surface area contributed by atoms with Crippen molar-refractivity contribution >= 4 is 28.7 Å². The molecule has 5 nitrogen and oxygen atoms in total. The van der Waals surface area contributed by atoms with E-state index in [-0.39, 0.29) is 6.03 Å². The molecule has 0 N–H and O–H groups in total. The van der Waals surface area contributed by atoms with E-state index in [0.29, 0.717) is 24.9 Å². The molecular weight excluding hydrogens is 340 g/mol. The molecule has 0 aliphatic rings. The van der Waals surface area contributed by atoms with Crippen LogP contribution in [-0.2, 0) is 13.1 Å². The minimum Gasteiger partial charge on any atom is -0.322 e. The first-order valence-electron chi connectivity index (χ1n) is 8.12. The van der Waals surface area contributed by atoms with Crippen molar-refractivity contribution in [2.45, 2.75) is 52.6 Å². The van der Waals surface area contributed by atoms with E-state index in [9.17, 15) is 4.79 Å². The summed E-state index contributed by atoms with van der Waals surface area (Å²) >= 11 is 3.31. The van der Waals surface area contributed by atoms with Gasteiger partial charge in [-0.3, -0.25) is 0 Å². The number of urea groups is 1. The van der Waals surface area contributed by atoms with E-state index in [2.05, 4.69) is 37.7 Å². The predicted octanol–water partition coefficient (Wildman–Crippen LogP) is 4.53. The van der Waals surface area contributed by atoms with Gasteiger partial charge in [0.05, 0.1) is 34.5 Å². The Bertz CT molecular complexity index is 621. The standard InChI is InChI=1S/C17H26N4OS2/c1-11(2)15-18-13(9-23-15)7-20(5)17(22)21(6)8-14-10-24-16(19-14)12(3)4/h9-12H,7-8H2,1-6H3. The lowest BCUT2D eigenvalue weighted by molar-refractivity contribution is 0.168. The molecule has 0 atom stereocenters. The van der Waals surface area contributed by atoms with Crippen LogP contribution in [0, 0.1) is 0 Å². The summed E-state index contributed by atoms with van der Waals surface area (Å²) in [5, 5.41) is 6.30. The lowest BCUT2D eigenvalue weighted by Gasteiger charge is -2.23. The highest BCUT2D eigenvalue weighted by molar-refractivity contribution is 7.10. The van der Waals surface area contributed by atoms with Crippen LogP contribution in [0.4, 0.5) is 4.79 Å². The second-order valence-corrected chi connectivity index (χ2v) is 8.44. The minimum absolute atomic E-state index is 0.0202. The quantitative estimate of drug-likeness (QED) is 0.754. The summed E-state index contributed by atoms with van der Waals surface area (Å²) in [5.74, 6) is 0.847. The van der Waals surface area contributed by atoms with Gasteiger partial charge in [0.1, 0.15) is 0 Å². The van der Waals surface area contributed by atoms with Gasteiger partial charge in [-0.25, -0.2) is 14.8 Å². The first-order valence-corrected chi connectivity index (χ1v) is 9.88. The fraction of sp³-hybridized carbons (Fsp3) is 0.588. The third-order valence-corrected chi connectivity index (χ3v) is 5.97. The van der Waals surface area contributed by atoms with E-state index in [0.717, 1.165) is 21.4 Å². The van der Waals surface area contributed by atoms with Crippen LogP contribution in [0.15, 0.2) is 10.8 Å². The summed E-state index contributed by atoms with van der Waals surface area (Å²) in [6.07, 6.45) is 0. The number of rotatable bonds is 6. The Kier molecular flexibility index (Phi) is 6.34. The molecular formula is C17H26N4OS2. The molecule has 0 radical (unpaired) electrons. The first-order chi connectivity index (χ1) is 11.3. The summed E-state index contributed by atoms with van der Waals surface area (Å²) < 4.78 is 0. The average Bonchev–Trinajstić information content (AvgIpc) is 3.15. The van der Waals surface area contributed by atoms with E-state index in [1.54, 1.807) is 32.5 Å². The summed E-state index contributed by atoms with van der Waals surface area (Å²) in [5.41, 5.74) is 1.90. The van der Waals surface area contributed by atoms with Crippen LogP contribution in [0.5, 0.6) is 0 Å². The fourth-order valence-corrected chi connectivity index (χ4v) is 3.89. The van der Waals surface area contributed by atoms with E-state index < -0.39 is 0 Å². The largest absolute Gasteiger partial charge is 0.322 e. The molecule has 0 saturated carbocycles. The van der Waals surface area contributed by atoms with Gasteiger partial charge in [-0.15, -0.1) is 22.7 Å². The summed E-state index contributed by atoms with van der Waals surface area (Å²) in [6, 6.07) is -0.0202. The van der Waals surface area contributed by atoms with Crippen LogP contribution < -0.4 is 0 Å². The number of amides is 2. The lowest BCUT2D eigenvalue weighted by Crippen LogP contribution is -2.38. The van der Waals surface area contributed by atoms with E-state index >= 15 is 0 Å². The Balaban J connectivity index is 1.93. The zero-order chi connectivity index (χ0) is 17.9. The maximum atomic E-state index is 12.5. The topological polar surface area (TPSA) is 49.3 Å². The predicted molar refractivity (Wildman–Crippen MR) is 101 cm³/mol. The van der Waals surface area contributed by atoms with Crippen molar-refractivity contribution in [3.63, 3.8) is 0 Å². The summed E-state index contributed by atoms with van der Waals surface area (Å²) in [4.78, 5) is 25.1. The highest BCUT2D eigenvalue weighted by atomic mass is 32.1. The smallest absolute Gasteiger partial charge is 0.320 e. The molecule has 2 amide bonds. The third kappa shape index (κ3) is 4.77. The molecule has 0 aromatic carbocycles. The molecule has 7 heteroatoms. The molecule has 24 heavy (non-hydrogen) atoms. The van der Waals surface area contributed by atoms with Crippen LogP contribution >= 0.6 is 22.7 Å². The summed E-state index contributed by atoms with van der Waals surface area (Å²) in [6.45, 7) is 9.57. The van der Waals surface area contributed by atoms with Crippen molar-refractivity contribution < 1.29 is 4.79 Å². The van der Waals surface area contributed by atoms with Crippen molar-refractivity contribution in [3.05, 3.63) is 32.2 Å². The second kappa shape index (κ2) is 8.07. The SMILES string of the molecule is CC(C)c1nc(CN(C)C(=O)N(C)Cc2csc(C(C)C)n2)cs1. The van der Waals surface area contributed by atoms with Gasteiger partial charge in [0.15, 0.2) is 0 Å². The summed E-state index contributed by atoms with van der Waals surface area (Å²) in [7, 11) is 3.63. The van der Waals surface area contributed by atoms with Gasteiger partial charge in [0.25, 0.3) is 0 Å². The number of carbonyl (C=O) groups excluding carboxylic acids is 1. The first kappa shape index (κ1) is 18.9. The van der Waals surface area contributed by atoms with Gasteiger partial charge in [-0.1, -0.05) is 27.7 Å². The second-order valence-electron chi connectivity index (χ2n) is 6.66. The lowest BCUT2D eigenvalue weighted by atomic mass is 10.2. The van der Waals surface area contributed by atoms with Crippen molar-refractivity contribution in [3.8, 4) is 0 Å². The van der Waals surface area contributed by atoms with E-state index in [1.165, 1.54) is 0 Å². The monoisotopic (exact) mass is 366 g/mol. The van der Waals surface area contributed by atoms with Crippen LogP contribution in [0.2, 0.25) is 0 Å². The minimum atomic E-state index is -0.0202. The van der Waals surface area contributed by atoms with Crippen LogP contribution in [0.3, 0.4) is 0 Å². The Morgan fingerprint density at radius 1 is 0.917 bits per heavy atom. The number of nitrogens with zero attached hydrogens (tertiary/aromatic N) is 4. The number of hydrogen-bond acceptors (Lipinski definition) is 5. The number of carbonyl (C=O) groups is 1. The fourth-order valence-electron chi connectivity index (χ4n) is 2.23. The van der Waals surface area contributed by atoms with Gasteiger partial charge in [0, 0.05) is 36.7 Å². The molecule has 0 aliphatic carbocycles. The molecule has 2 aromatic heterocycles.